The lowest BCUT2D eigenvalue weighted by molar-refractivity contribution is -0.193. The molecule has 0 aromatic heterocycles. The maximum Gasteiger partial charge on any atom is 0.490 e. The molecule has 0 saturated carbocycles. The van der Waals surface area contributed by atoms with Crippen molar-refractivity contribution in [2.24, 2.45) is 11.7 Å². The number of carbonyl (C=O) groups is 3. The van der Waals surface area contributed by atoms with Gasteiger partial charge in [0.05, 0.1) is 0 Å². The predicted molar refractivity (Wildman–Crippen MR) is 110 cm³/mol. The molecule has 2 atom stereocenters. The normalized spacial score (nSPS) is 22.6. The van der Waals surface area contributed by atoms with Crippen LogP contribution in [-0.4, -0.2) is 113 Å². The summed E-state index contributed by atoms with van der Waals surface area (Å²) >= 11 is 0. The first-order chi connectivity index (χ1) is 16.5. The summed E-state index contributed by atoms with van der Waals surface area (Å²) in [5.74, 6) is -7.36. The number of hydrogen-bond acceptors (Lipinski definition) is 9. The molecule has 2 aliphatic heterocycles. The minimum absolute atomic E-state index is 0.000193. The molecule has 9 N–H and O–H groups in total. The lowest BCUT2D eigenvalue weighted by Gasteiger charge is -2.30. The average Bonchev–Trinajstić information content (AvgIpc) is 3.03. The molecule has 0 aromatic rings. The Morgan fingerprint density at radius 2 is 1.46 bits per heavy atom. The number of alkyl halides is 6. The highest BCUT2D eigenvalue weighted by Crippen LogP contribution is 2.32. The van der Waals surface area contributed by atoms with Crippen molar-refractivity contribution in [2.45, 2.75) is 43.1 Å². The van der Waals surface area contributed by atoms with Gasteiger partial charge >= 0.3 is 37.4 Å². The Balaban J connectivity index is 0.000000761. The van der Waals surface area contributed by atoms with Gasteiger partial charge in [-0.3, -0.25) is 4.79 Å². The van der Waals surface area contributed by atoms with Crippen molar-refractivity contribution in [3.05, 3.63) is 0 Å². The molecule has 37 heavy (non-hydrogen) atoms. The highest BCUT2D eigenvalue weighted by Gasteiger charge is 2.52. The van der Waals surface area contributed by atoms with E-state index >= 15 is 0 Å². The third-order valence-electron chi connectivity index (χ3n) is 4.93. The second-order valence-electron chi connectivity index (χ2n) is 7.83. The van der Waals surface area contributed by atoms with Gasteiger partial charge in [-0.1, -0.05) is 6.42 Å². The molecule has 0 spiro atoms. The van der Waals surface area contributed by atoms with Crippen LogP contribution in [0.2, 0.25) is 6.32 Å². The van der Waals surface area contributed by atoms with Gasteiger partial charge in [0.25, 0.3) is 10.2 Å². The molecule has 22 heteroatoms. The Bertz CT molecular complexity index is 879. The topological polar surface area (TPSA) is 240 Å². The van der Waals surface area contributed by atoms with Crippen LogP contribution in [0.25, 0.3) is 0 Å². The number of nitrogens with two attached hydrogens (primary N) is 1. The third-order valence-corrected chi connectivity index (χ3v) is 6.51. The van der Waals surface area contributed by atoms with E-state index in [-0.39, 0.29) is 25.5 Å². The van der Waals surface area contributed by atoms with Crippen molar-refractivity contribution in [1.29, 1.82) is 0 Å². The summed E-state index contributed by atoms with van der Waals surface area (Å²) in [6.07, 6.45) is -9.43. The highest BCUT2D eigenvalue weighted by molar-refractivity contribution is 7.87. The first-order valence-electron chi connectivity index (χ1n) is 10.0. The van der Waals surface area contributed by atoms with Gasteiger partial charge in [-0.2, -0.15) is 43.8 Å². The van der Waals surface area contributed by atoms with Gasteiger partial charge in [-0.25, -0.2) is 9.59 Å². The molecule has 0 amide bonds. The van der Waals surface area contributed by atoms with E-state index in [9.17, 15) is 44.7 Å². The first kappa shape index (κ1) is 34.8. The molecular formula is C15H25BF6N4O10S. The van der Waals surface area contributed by atoms with Crippen LogP contribution in [0.15, 0.2) is 0 Å². The molecule has 2 heterocycles. The van der Waals surface area contributed by atoms with Crippen LogP contribution in [-0.2, 0) is 24.6 Å². The Kier molecular flexibility index (Phi) is 12.7. The van der Waals surface area contributed by atoms with Crippen LogP contribution in [0.4, 0.5) is 26.3 Å². The standard InChI is InChI=1S/C11H23BN4O6S.2C2HF3O2/c13-11(10(17)18)7-16(6-8(11)2-1-3-12(19)20)23(21,22)15-9-4-14-5-9;2*3-2(4,5)1(6)7/h8-9,14-15,19-20H,1-7,13H2,(H,17,18);2*(H,6,7)/t8-,11-;;/m0../s1. The minimum atomic E-state index is -5.08. The fourth-order valence-electron chi connectivity index (χ4n) is 2.87. The first-order valence-corrected chi connectivity index (χ1v) is 11.4. The molecule has 0 aromatic carbocycles. The minimum Gasteiger partial charge on any atom is -0.480 e. The SMILES string of the molecule is N[C@@]1(C(=O)O)CN(S(=O)(=O)NC2CNC2)C[C@@H]1CCCB(O)O.O=C(O)C(F)(F)F.O=C(O)C(F)(F)F. The maximum atomic E-state index is 12.3. The number of rotatable bonds is 8. The number of nitrogens with one attached hydrogen (secondary N) is 2. The van der Waals surface area contributed by atoms with E-state index in [1.165, 1.54) is 0 Å². The Hall–Kier alpha value is -2.24. The van der Waals surface area contributed by atoms with Crippen molar-refractivity contribution in [1.82, 2.24) is 14.3 Å². The summed E-state index contributed by atoms with van der Waals surface area (Å²) in [5, 5.41) is 44.3. The third kappa shape index (κ3) is 11.8. The van der Waals surface area contributed by atoms with Crippen LogP contribution in [0, 0.1) is 5.92 Å². The van der Waals surface area contributed by atoms with E-state index in [0.29, 0.717) is 25.9 Å². The van der Waals surface area contributed by atoms with E-state index < -0.39 is 59.0 Å². The summed E-state index contributed by atoms with van der Waals surface area (Å²) in [6.45, 7) is 0.777. The van der Waals surface area contributed by atoms with Crippen molar-refractivity contribution in [3.63, 3.8) is 0 Å². The number of nitrogens with zero attached hydrogens (tertiary/aromatic N) is 1. The molecule has 2 fully saturated rings. The maximum absolute atomic E-state index is 12.3. The number of aliphatic carboxylic acids is 3. The van der Waals surface area contributed by atoms with E-state index in [1.807, 2.05) is 0 Å². The molecule has 14 nitrogen and oxygen atoms in total. The van der Waals surface area contributed by atoms with Crippen LogP contribution < -0.4 is 15.8 Å². The van der Waals surface area contributed by atoms with Gasteiger partial charge in [-0.05, 0) is 12.7 Å². The molecule has 2 aliphatic rings. The summed E-state index contributed by atoms with van der Waals surface area (Å²) in [4.78, 5) is 29.3. The van der Waals surface area contributed by atoms with Gasteiger partial charge < -0.3 is 36.4 Å². The molecule has 0 unspecified atom stereocenters. The van der Waals surface area contributed by atoms with Crippen molar-refractivity contribution < 1.29 is 74.5 Å². The van der Waals surface area contributed by atoms with Gasteiger partial charge in [0, 0.05) is 38.1 Å². The van der Waals surface area contributed by atoms with Crippen molar-refractivity contribution in [3.8, 4) is 0 Å². The van der Waals surface area contributed by atoms with E-state index in [2.05, 4.69) is 10.0 Å². The highest BCUT2D eigenvalue weighted by atomic mass is 32.2. The van der Waals surface area contributed by atoms with Crippen LogP contribution in [0.3, 0.4) is 0 Å². The summed E-state index contributed by atoms with van der Waals surface area (Å²) < 4.78 is 91.7. The average molecular weight is 578 g/mol. The van der Waals surface area contributed by atoms with E-state index in [1.54, 1.807) is 0 Å². The van der Waals surface area contributed by atoms with E-state index in [4.69, 9.17) is 35.6 Å². The quantitative estimate of drug-likeness (QED) is 0.116. The Morgan fingerprint density at radius 3 is 1.76 bits per heavy atom. The lowest BCUT2D eigenvalue weighted by atomic mass is 9.78. The summed E-state index contributed by atoms with van der Waals surface area (Å²) in [5.41, 5.74) is 4.28. The predicted octanol–water partition coefficient (Wildman–Crippen LogP) is -1.97. The smallest absolute Gasteiger partial charge is 0.480 e. The molecule has 2 rings (SSSR count). The van der Waals surface area contributed by atoms with Crippen LogP contribution in [0.5, 0.6) is 0 Å². The zero-order valence-corrected chi connectivity index (χ0v) is 19.5. The van der Waals surface area contributed by atoms with Gasteiger partial charge in [0.1, 0.15) is 5.54 Å². The monoisotopic (exact) mass is 578 g/mol. The molecule has 0 radical (unpaired) electrons. The Morgan fingerprint density at radius 1 is 1.03 bits per heavy atom. The largest absolute Gasteiger partial charge is 0.490 e. The zero-order chi connectivity index (χ0) is 29.4. The van der Waals surface area contributed by atoms with Gasteiger partial charge in [0.15, 0.2) is 0 Å². The zero-order valence-electron chi connectivity index (χ0n) is 18.7. The molecular weight excluding hydrogens is 553 g/mol. The number of carboxylic acids is 3. The Labute approximate surface area is 205 Å². The molecule has 0 aliphatic carbocycles. The fraction of sp³-hybridized carbons (Fsp3) is 0.800. The fourth-order valence-corrected chi connectivity index (χ4v) is 4.37. The summed E-state index contributed by atoms with van der Waals surface area (Å²) in [6, 6.07) is -0.194. The lowest BCUT2D eigenvalue weighted by Crippen LogP contribution is -2.60. The second-order valence-corrected chi connectivity index (χ2v) is 9.53. The second kappa shape index (κ2) is 13.5. The van der Waals surface area contributed by atoms with Crippen molar-refractivity contribution >= 4 is 35.2 Å². The number of hydrogen-bond donors (Lipinski definition) is 8. The van der Waals surface area contributed by atoms with Crippen LogP contribution in [0.1, 0.15) is 12.8 Å². The molecule has 2 saturated heterocycles. The van der Waals surface area contributed by atoms with Gasteiger partial charge in [0.2, 0.25) is 0 Å². The summed E-state index contributed by atoms with van der Waals surface area (Å²) in [7, 11) is -5.27. The van der Waals surface area contributed by atoms with Gasteiger partial charge in [-0.15, -0.1) is 0 Å². The molecule has 216 valence electrons. The van der Waals surface area contributed by atoms with Crippen molar-refractivity contribution in [2.75, 3.05) is 26.2 Å². The number of halogens is 6. The number of carboxylic acid groups (broad SMARTS) is 3. The van der Waals surface area contributed by atoms with Crippen LogP contribution >= 0.6 is 0 Å². The molecule has 0 bridgehead atoms. The van der Waals surface area contributed by atoms with E-state index in [0.717, 1.165) is 4.31 Å².